The molecule has 1 radical (unpaired) electrons. The highest BCUT2D eigenvalue weighted by molar-refractivity contribution is 7.81. The van der Waals surface area contributed by atoms with E-state index in [2.05, 4.69) is 24.5 Å². The van der Waals surface area contributed by atoms with E-state index in [1.807, 2.05) is 46.9 Å². The standard InChI is InChI=1S/C15H29BNO2S/c1-7-12(11-17-13(8-2)9-10-18)16-19-14(3,4)15(5,6)20/h7,11,13,18,20H,8-10H2,1-6H3/b12-7+,17-11?. The molecule has 0 aliphatic heterocycles. The second-order valence-electron chi connectivity index (χ2n) is 5.95. The predicted octanol–water partition coefficient (Wildman–Crippen LogP) is 3.24. The molecule has 20 heavy (non-hydrogen) atoms. The van der Waals surface area contributed by atoms with Crippen molar-refractivity contribution in [2.45, 2.75) is 70.8 Å². The molecule has 1 unspecified atom stereocenters. The molecule has 0 fully saturated rings. The predicted molar refractivity (Wildman–Crippen MR) is 92.0 cm³/mol. The van der Waals surface area contributed by atoms with E-state index in [0.717, 1.165) is 11.9 Å². The van der Waals surface area contributed by atoms with Crippen LogP contribution in [0.3, 0.4) is 0 Å². The van der Waals surface area contributed by atoms with Gasteiger partial charge in [-0.25, -0.2) is 0 Å². The second kappa shape index (κ2) is 8.91. The van der Waals surface area contributed by atoms with Gasteiger partial charge in [0, 0.05) is 17.6 Å². The van der Waals surface area contributed by atoms with Gasteiger partial charge in [0.2, 0.25) is 0 Å². The number of aliphatic hydroxyl groups excluding tert-OH is 1. The Morgan fingerprint density at radius 2 is 2.00 bits per heavy atom. The molecule has 0 aromatic heterocycles. The van der Waals surface area contributed by atoms with E-state index < -0.39 is 0 Å². The number of hydrogen-bond acceptors (Lipinski definition) is 4. The van der Waals surface area contributed by atoms with E-state index in [1.54, 1.807) is 7.48 Å². The Labute approximate surface area is 130 Å². The Morgan fingerprint density at radius 1 is 1.40 bits per heavy atom. The van der Waals surface area contributed by atoms with Crippen LogP contribution in [-0.4, -0.2) is 41.8 Å². The van der Waals surface area contributed by atoms with Crippen molar-refractivity contribution in [3.8, 4) is 0 Å². The Kier molecular flexibility index (Phi) is 8.79. The lowest BCUT2D eigenvalue weighted by atomic mass is 9.83. The van der Waals surface area contributed by atoms with Gasteiger partial charge in [0.1, 0.15) is 0 Å². The fourth-order valence-electron chi connectivity index (χ4n) is 1.26. The molecule has 0 bridgehead atoms. The molecule has 3 nitrogen and oxygen atoms in total. The number of hydrogen-bond donors (Lipinski definition) is 2. The molecular formula is C15H29BNO2S. The Bertz CT molecular complexity index is 335. The van der Waals surface area contributed by atoms with Crippen molar-refractivity contribution in [1.82, 2.24) is 0 Å². The third kappa shape index (κ3) is 6.96. The molecule has 0 amide bonds. The Balaban J connectivity index is 4.55. The normalized spacial score (nSPS) is 15.7. The van der Waals surface area contributed by atoms with Gasteiger partial charge in [-0.1, -0.05) is 13.0 Å². The van der Waals surface area contributed by atoms with E-state index >= 15 is 0 Å². The van der Waals surface area contributed by atoms with E-state index in [9.17, 15) is 0 Å². The van der Waals surface area contributed by atoms with Crippen LogP contribution in [0, 0.1) is 0 Å². The average Bonchev–Trinajstić information content (AvgIpc) is 2.36. The second-order valence-corrected chi connectivity index (χ2v) is 7.06. The molecule has 0 aromatic rings. The summed E-state index contributed by atoms with van der Waals surface area (Å²) in [4.78, 5) is 4.48. The zero-order chi connectivity index (χ0) is 15.8. The molecule has 1 N–H and O–H groups in total. The van der Waals surface area contributed by atoms with Crippen molar-refractivity contribution in [1.29, 1.82) is 0 Å². The monoisotopic (exact) mass is 298 g/mol. The highest BCUT2D eigenvalue weighted by Gasteiger charge is 2.34. The molecule has 0 saturated carbocycles. The molecule has 5 heteroatoms. The minimum absolute atomic E-state index is 0.165. The maximum absolute atomic E-state index is 8.96. The summed E-state index contributed by atoms with van der Waals surface area (Å²) in [5, 5.41) is 8.96. The molecule has 0 saturated heterocycles. The van der Waals surface area contributed by atoms with Gasteiger partial charge in [0.25, 0.3) is 0 Å². The SMILES string of the molecule is C/C=C(/[B]OC(C)(C)C(C)(C)S)C=NC(CC)CCO. The largest absolute Gasteiger partial charge is 0.428 e. The lowest BCUT2D eigenvalue weighted by molar-refractivity contribution is 0.0848. The van der Waals surface area contributed by atoms with Gasteiger partial charge in [-0.2, -0.15) is 12.6 Å². The van der Waals surface area contributed by atoms with Crippen molar-refractivity contribution >= 4 is 26.3 Å². The summed E-state index contributed by atoms with van der Waals surface area (Å²) in [6.07, 6.45) is 5.38. The minimum atomic E-state index is -0.381. The van der Waals surface area contributed by atoms with Crippen molar-refractivity contribution < 1.29 is 9.76 Å². The first-order valence-electron chi connectivity index (χ1n) is 7.21. The van der Waals surface area contributed by atoms with Gasteiger partial charge in [0.15, 0.2) is 0 Å². The van der Waals surface area contributed by atoms with E-state index in [0.29, 0.717) is 6.42 Å². The van der Waals surface area contributed by atoms with E-state index in [-0.39, 0.29) is 23.0 Å². The third-order valence-electron chi connectivity index (χ3n) is 3.66. The molecule has 0 aromatic carbocycles. The van der Waals surface area contributed by atoms with Crippen LogP contribution in [0.5, 0.6) is 0 Å². The van der Waals surface area contributed by atoms with Crippen LogP contribution in [0.4, 0.5) is 0 Å². The summed E-state index contributed by atoms with van der Waals surface area (Å²) in [7, 11) is 1.73. The lowest BCUT2D eigenvalue weighted by Gasteiger charge is -2.38. The topological polar surface area (TPSA) is 41.8 Å². The molecule has 0 heterocycles. The molecule has 0 aliphatic rings. The van der Waals surface area contributed by atoms with Gasteiger partial charge in [-0.15, -0.1) is 0 Å². The van der Waals surface area contributed by atoms with Gasteiger partial charge in [0.05, 0.1) is 11.6 Å². The molecule has 0 spiro atoms. The summed E-state index contributed by atoms with van der Waals surface area (Å²) in [6, 6.07) is 0.165. The van der Waals surface area contributed by atoms with Crippen molar-refractivity contribution in [3.63, 3.8) is 0 Å². The number of rotatable bonds is 9. The first kappa shape index (κ1) is 19.7. The van der Waals surface area contributed by atoms with Gasteiger partial charge >= 0.3 is 7.48 Å². The maximum Gasteiger partial charge on any atom is 0.332 e. The van der Waals surface area contributed by atoms with Crippen LogP contribution in [0.1, 0.15) is 54.4 Å². The molecular weight excluding hydrogens is 269 g/mol. The average molecular weight is 298 g/mol. The maximum atomic E-state index is 8.96. The number of thiol groups is 1. The lowest BCUT2D eigenvalue weighted by Crippen LogP contribution is -2.44. The zero-order valence-electron chi connectivity index (χ0n) is 13.7. The fourth-order valence-corrected chi connectivity index (χ4v) is 1.31. The highest BCUT2D eigenvalue weighted by atomic mass is 32.1. The highest BCUT2D eigenvalue weighted by Crippen LogP contribution is 2.30. The number of allylic oxidation sites excluding steroid dienone is 2. The molecule has 0 rings (SSSR count). The summed E-state index contributed by atoms with van der Waals surface area (Å²) in [5.74, 6) is 0. The summed E-state index contributed by atoms with van der Waals surface area (Å²) in [5.41, 5.74) is 0.542. The van der Waals surface area contributed by atoms with Crippen LogP contribution >= 0.6 is 12.6 Å². The molecule has 0 aliphatic carbocycles. The van der Waals surface area contributed by atoms with Crippen molar-refractivity contribution in [2.75, 3.05) is 6.61 Å². The van der Waals surface area contributed by atoms with Crippen molar-refractivity contribution in [3.05, 3.63) is 11.5 Å². The third-order valence-corrected chi connectivity index (χ3v) is 4.20. The van der Waals surface area contributed by atoms with Crippen LogP contribution in [0.2, 0.25) is 0 Å². The van der Waals surface area contributed by atoms with Crippen LogP contribution in [0.25, 0.3) is 0 Å². The first-order chi connectivity index (χ1) is 9.17. The van der Waals surface area contributed by atoms with Crippen molar-refractivity contribution in [2.24, 2.45) is 4.99 Å². The van der Waals surface area contributed by atoms with Crippen LogP contribution in [0.15, 0.2) is 16.5 Å². The first-order valence-corrected chi connectivity index (χ1v) is 7.66. The zero-order valence-corrected chi connectivity index (χ0v) is 14.6. The van der Waals surface area contributed by atoms with E-state index in [1.165, 1.54) is 0 Å². The smallest absolute Gasteiger partial charge is 0.332 e. The summed E-state index contributed by atoms with van der Waals surface area (Å²) < 4.78 is 5.61. The van der Waals surface area contributed by atoms with Gasteiger partial charge in [-0.05, 0) is 52.9 Å². The Hall–Kier alpha value is -0.255. The fraction of sp³-hybridized carbons (Fsp3) is 0.800. The minimum Gasteiger partial charge on any atom is -0.428 e. The Morgan fingerprint density at radius 3 is 2.40 bits per heavy atom. The van der Waals surface area contributed by atoms with Crippen LogP contribution in [-0.2, 0) is 4.65 Å². The summed E-state index contributed by atoms with van der Waals surface area (Å²) >= 11 is 4.57. The summed E-state index contributed by atoms with van der Waals surface area (Å²) in [6.45, 7) is 12.3. The van der Waals surface area contributed by atoms with E-state index in [4.69, 9.17) is 9.76 Å². The number of aliphatic imine (C=N–C) groups is 1. The molecule has 1 atom stereocenters. The quantitative estimate of drug-likeness (QED) is 0.390. The number of aliphatic hydroxyl groups is 1. The van der Waals surface area contributed by atoms with Crippen LogP contribution < -0.4 is 0 Å². The van der Waals surface area contributed by atoms with Gasteiger partial charge < -0.3 is 9.76 Å². The molecule has 115 valence electrons. The van der Waals surface area contributed by atoms with Gasteiger partial charge in [-0.3, -0.25) is 4.99 Å². The number of nitrogens with zero attached hydrogens (tertiary/aromatic N) is 1.